The van der Waals surface area contributed by atoms with Gasteiger partial charge in [-0.1, -0.05) is 20.8 Å². The largest absolute Gasteiger partial charge is 0.469 e. The van der Waals surface area contributed by atoms with E-state index < -0.39 is 0 Å². The molecule has 0 unspecified atom stereocenters. The zero-order valence-corrected chi connectivity index (χ0v) is 11.1. The predicted octanol–water partition coefficient (Wildman–Crippen LogP) is 2.31. The Morgan fingerprint density at radius 2 is 2.12 bits per heavy atom. The third-order valence-electron chi connectivity index (χ3n) is 3.22. The van der Waals surface area contributed by atoms with Gasteiger partial charge in [-0.3, -0.25) is 4.79 Å². The molecule has 0 spiro atoms. The van der Waals surface area contributed by atoms with Crippen LogP contribution in [-0.4, -0.2) is 37.6 Å². The molecular formula is C13H25NO2. The Morgan fingerprint density at radius 1 is 1.44 bits per heavy atom. The molecule has 1 fully saturated rings. The molecule has 0 aliphatic carbocycles. The molecule has 1 rings (SSSR count). The van der Waals surface area contributed by atoms with Crippen LogP contribution in [0.3, 0.4) is 0 Å². The average Bonchev–Trinajstić information content (AvgIpc) is 2.25. The maximum absolute atomic E-state index is 11.5. The van der Waals surface area contributed by atoms with Crippen LogP contribution in [0.5, 0.6) is 0 Å². The molecule has 0 aromatic heterocycles. The van der Waals surface area contributed by atoms with Gasteiger partial charge in [0.25, 0.3) is 0 Å². The normalized spacial score (nSPS) is 23.1. The molecule has 0 aromatic rings. The van der Waals surface area contributed by atoms with Crippen molar-refractivity contribution >= 4 is 5.97 Å². The minimum Gasteiger partial charge on any atom is -0.469 e. The SMILES string of the molecule is COC(=O)[C@H]1CCCN(CCC(C)(C)C)C1. The van der Waals surface area contributed by atoms with E-state index in [9.17, 15) is 4.79 Å². The van der Waals surface area contributed by atoms with Crippen molar-refractivity contribution in [2.24, 2.45) is 11.3 Å². The first-order chi connectivity index (χ1) is 7.42. The summed E-state index contributed by atoms with van der Waals surface area (Å²) in [7, 11) is 1.48. The van der Waals surface area contributed by atoms with Crippen LogP contribution in [0.4, 0.5) is 0 Å². The molecule has 0 radical (unpaired) electrons. The molecule has 0 amide bonds. The second kappa shape index (κ2) is 5.67. The zero-order chi connectivity index (χ0) is 12.2. The van der Waals surface area contributed by atoms with Crippen molar-refractivity contribution in [3.8, 4) is 0 Å². The van der Waals surface area contributed by atoms with E-state index in [1.165, 1.54) is 13.5 Å². The van der Waals surface area contributed by atoms with Gasteiger partial charge in [0, 0.05) is 6.54 Å². The highest BCUT2D eigenvalue weighted by atomic mass is 16.5. The number of methoxy groups -OCH3 is 1. The van der Waals surface area contributed by atoms with Gasteiger partial charge in [-0.25, -0.2) is 0 Å². The summed E-state index contributed by atoms with van der Waals surface area (Å²) in [6.07, 6.45) is 3.28. The Labute approximate surface area is 99.1 Å². The Kier molecular flexibility index (Phi) is 4.78. The number of ether oxygens (including phenoxy) is 1. The van der Waals surface area contributed by atoms with E-state index in [0.29, 0.717) is 5.41 Å². The van der Waals surface area contributed by atoms with Crippen molar-refractivity contribution in [3.05, 3.63) is 0 Å². The molecule has 0 N–H and O–H groups in total. The van der Waals surface area contributed by atoms with Crippen LogP contribution in [0, 0.1) is 11.3 Å². The van der Waals surface area contributed by atoms with Gasteiger partial charge < -0.3 is 9.64 Å². The van der Waals surface area contributed by atoms with E-state index in [2.05, 4.69) is 25.7 Å². The molecule has 3 nitrogen and oxygen atoms in total. The summed E-state index contributed by atoms with van der Waals surface area (Å²) in [5.74, 6) is 0.0548. The Bertz CT molecular complexity index is 233. The summed E-state index contributed by atoms with van der Waals surface area (Å²) < 4.78 is 4.82. The molecule has 3 heteroatoms. The fourth-order valence-corrected chi connectivity index (χ4v) is 2.11. The number of esters is 1. The van der Waals surface area contributed by atoms with E-state index in [0.717, 1.165) is 32.5 Å². The number of piperidine rings is 1. The fraction of sp³-hybridized carbons (Fsp3) is 0.923. The zero-order valence-electron chi connectivity index (χ0n) is 11.1. The van der Waals surface area contributed by atoms with Crippen molar-refractivity contribution in [1.82, 2.24) is 4.90 Å². The third kappa shape index (κ3) is 4.52. The lowest BCUT2D eigenvalue weighted by Crippen LogP contribution is -2.40. The van der Waals surface area contributed by atoms with Crippen molar-refractivity contribution in [2.75, 3.05) is 26.7 Å². The number of carbonyl (C=O) groups excluding carboxylic acids is 1. The first kappa shape index (κ1) is 13.5. The van der Waals surface area contributed by atoms with E-state index in [1.807, 2.05) is 0 Å². The quantitative estimate of drug-likeness (QED) is 0.693. The number of likely N-dealkylation sites (tertiary alicyclic amines) is 1. The first-order valence-electron chi connectivity index (χ1n) is 6.22. The van der Waals surface area contributed by atoms with Crippen molar-refractivity contribution in [1.29, 1.82) is 0 Å². The Balaban J connectivity index is 2.36. The van der Waals surface area contributed by atoms with E-state index >= 15 is 0 Å². The minimum absolute atomic E-state index is 0.0412. The lowest BCUT2D eigenvalue weighted by Gasteiger charge is -2.33. The van der Waals surface area contributed by atoms with Gasteiger partial charge in [0.2, 0.25) is 0 Å². The lowest BCUT2D eigenvalue weighted by molar-refractivity contribution is -0.147. The van der Waals surface area contributed by atoms with Crippen LogP contribution in [0.1, 0.15) is 40.0 Å². The molecule has 0 saturated carbocycles. The van der Waals surface area contributed by atoms with Crippen LogP contribution < -0.4 is 0 Å². The molecule has 1 heterocycles. The minimum atomic E-state index is -0.0412. The van der Waals surface area contributed by atoms with Crippen molar-refractivity contribution < 1.29 is 9.53 Å². The van der Waals surface area contributed by atoms with Gasteiger partial charge >= 0.3 is 5.97 Å². The Morgan fingerprint density at radius 3 is 2.69 bits per heavy atom. The number of carbonyl (C=O) groups is 1. The van der Waals surface area contributed by atoms with E-state index in [-0.39, 0.29) is 11.9 Å². The second-order valence-electron chi connectivity index (χ2n) is 5.97. The molecular weight excluding hydrogens is 202 g/mol. The first-order valence-corrected chi connectivity index (χ1v) is 6.22. The van der Waals surface area contributed by atoms with Crippen molar-refractivity contribution in [2.45, 2.75) is 40.0 Å². The second-order valence-corrected chi connectivity index (χ2v) is 5.97. The maximum Gasteiger partial charge on any atom is 0.309 e. The van der Waals surface area contributed by atoms with Crippen LogP contribution in [-0.2, 0) is 9.53 Å². The number of hydrogen-bond donors (Lipinski definition) is 0. The highest BCUT2D eigenvalue weighted by Gasteiger charge is 2.26. The van der Waals surface area contributed by atoms with Crippen molar-refractivity contribution in [3.63, 3.8) is 0 Å². The Hall–Kier alpha value is -0.570. The molecule has 94 valence electrons. The summed E-state index contributed by atoms with van der Waals surface area (Å²) in [5.41, 5.74) is 0.373. The molecule has 0 aromatic carbocycles. The molecule has 1 aliphatic heterocycles. The van der Waals surface area contributed by atoms with Gasteiger partial charge in [0.05, 0.1) is 13.0 Å². The highest BCUT2D eigenvalue weighted by molar-refractivity contribution is 5.72. The van der Waals surface area contributed by atoms with E-state index in [4.69, 9.17) is 4.74 Å². The monoisotopic (exact) mass is 227 g/mol. The number of nitrogens with zero attached hydrogens (tertiary/aromatic N) is 1. The summed E-state index contributed by atoms with van der Waals surface area (Å²) in [5, 5.41) is 0. The van der Waals surface area contributed by atoms with Gasteiger partial charge in [-0.15, -0.1) is 0 Å². The maximum atomic E-state index is 11.5. The molecule has 0 bridgehead atoms. The smallest absolute Gasteiger partial charge is 0.309 e. The van der Waals surface area contributed by atoms with Gasteiger partial charge in [-0.05, 0) is 37.8 Å². The summed E-state index contributed by atoms with van der Waals surface area (Å²) in [6, 6.07) is 0. The van der Waals surface area contributed by atoms with Crippen LogP contribution in [0.2, 0.25) is 0 Å². The summed E-state index contributed by atoms with van der Waals surface area (Å²) >= 11 is 0. The molecule has 1 saturated heterocycles. The molecule has 1 atom stereocenters. The topological polar surface area (TPSA) is 29.5 Å². The average molecular weight is 227 g/mol. The van der Waals surface area contributed by atoms with Crippen LogP contribution in [0.25, 0.3) is 0 Å². The summed E-state index contributed by atoms with van der Waals surface area (Å²) in [6.45, 7) is 9.88. The van der Waals surface area contributed by atoms with Crippen LogP contribution in [0.15, 0.2) is 0 Å². The van der Waals surface area contributed by atoms with E-state index in [1.54, 1.807) is 0 Å². The van der Waals surface area contributed by atoms with Crippen LogP contribution >= 0.6 is 0 Å². The summed E-state index contributed by atoms with van der Waals surface area (Å²) in [4.78, 5) is 13.9. The molecule has 1 aliphatic rings. The number of hydrogen-bond acceptors (Lipinski definition) is 3. The predicted molar refractivity (Wildman–Crippen MR) is 65.3 cm³/mol. The number of rotatable bonds is 3. The van der Waals surface area contributed by atoms with Gasteiger partial charge in [0.15, 0.2) is 0 Å². The lowest BCUT2D eigenvalue weighted by atomic mass is 9.91. The highest BCUT2D eigenvalue weighted by Crippen LogP contribution is 2.22. The third-order valence-corrected chi connectivity index (χ3v) is 3.22. The van der Waals surface area contributed by atoms with Gasteiger partial charge in [-0.2, -0.15) is 0 Å². The van der Waals surface area contributed by atoms with Gasteiger partial charge in [0.1, 0.15) is 0 Å². The fourth-order valence-electron chi connectivity index (χ4n) is 2.11. The standard InChI is InChI=1S/C13H25NO2/c1-13(2,3)7-9-14-8-5-6-11(10-14)12(15)16-4/h11H,5-10H2,1-4H3/t11-/m0/s1. The molecule has 16 heavy (non-hydrogen) atoms.